The van der Waals surface area contributed by atoms with Crippen molar-refractivity contribution in [3.8, 4) is 0 Å². The van der Waals surface area contributed by atoms with E-state index in [0.29, 0.717) is 16.2 Å². The average molecular weight is 355 g/mol. The normalized spacial score (nSPS) is 10.5. The first-order chi connectivity index (χ1) is 12.0. The first-order valence-corrected chi connectivity index (χ1v) is 8.00. The van der Waals surface area contributed by atoms with E-state index in [1.807, 2.05) is 18.2 Å². The molecule has 1 N–H and O–H groups in total. The van der Waals surface area contributed by atoms with Gasteiger partial charge in [0.2, 0.25) is 0 Å². The van der Waals surface area contributed by atoms with Crippen LogP contribution in [0.2, 0.25) is 5.02 Å². The number of aromatic nitrogens is 1. The molecule has 0 atom stereocenters. The van der Waals surface area contributed by atoms with E-state index >= 15 is 0 Å². The Kier molecular flexibility index (Phi) is 4.95. The van der Waals surface area contributed by atoms with Crippen LogP contribution in [0.15, 0.2) is 54.6 Å². The maximum Gasteiger partial charge on any atom is 0.357 e. The second kappa shape index (κ2) is 7.32. The van der Waals surface area contributed by atoms with Crippen LogP contribution in [0.3, 0.4) is 0 Å². The van der Waals surface area contributed by atoms with Gasteiger partial charge in [0, 0.05) is 16.1 Å². The molecule has 6 heteroatoms. The fourth-order valence-corrected chi connectivity index (χ4v) is 2.49. The number of hydrogen-bond donors (Lipinski definition) is 1. The Bertz CT molecular complexity index is 956. The zero-order valence-electron chi connectivity index (χ0n) is 13.5. The quantitative estimate of drug-likeness (QED) is 0.719. The fraction of sp³-hybridized carbons (Fsp3) is 0.105. The van der Waals surface area contributed by atoms with E-state index < -0.39 is 18.5 Å². The highest BCUT2D eigenvalue weighted by molar-refractivity contribution is 6.31. The van der Waals surface area contributed by atoms with Crippen LogP contribution in [0.25, 0.3) is 10.9 Å². The molecule has 0 bridgehead atoms. The van der Waals surface area contributed by atoms with Gasteiger partial charge in [0.25, 0.3) is 5.91 Å². The van der Waals surface area contributed by atoms with Gasteiger partial charge in [0.1, 0.15) is 5.69 Å². The molecule has 3 rings (SSSR count). The Hall–Kier alpha value is -2.92. The SMILES string of the molecule is Cc1c(Cl)cccc1NC(=O)COC(=O)c1ccc2ccccc2n1. The number of ether oxygens (including phenoxy) is 1. The number of fused-ring (bicyclic) bond motifs is 1. The minimum Gasteiger partial charge on any atom is -0.451 e. The van der Waals surface area contributed by atoms with Crippen molar-refractivity contribution in [2.24, 2.45) is 0 Å². The van der Waals surface area contributed by atoms with Crippen molar-refractivity contribution in [3.05, 3.63) is 70.9 Å². The van der Waals surface area contributed by atoms with E-state index in [4.69, 9.17) is 16.3 Å². The molecule has 3 aromatic rings. The molecule has 0 aliphatic rings. The number of anilines is 1. The Labute approximate surface area is 149 Å². The highest BCUT2D eigenvalue weighted by Crippen LogP contribution is 2.22. The predicted molar refractivity (Wildman–Crippen MR) is 96.8 cm³/mol. The maximum atomic E-state index is 12.1. The number of halogens is 1. The standard InChI is InChI=1S/C19H15ClN2O3/c1-12-14(20)6-4-8-15(12)22-18(23)11-25-19(24)17-10-9-13-5-2-3-7-16(13)21-17/h2-10H,11H2,1H3,(H,22,23). The fourth-order valence-electron chi connectivity index (χ4n) is 2.31. The van der Waals surface area contributed by atoms with E-state index in [1.165, 1.54) is 0 Å². The second-order valence-electron chi connectivity index (χ2n) is 5.43. The zero-order chi connectivity index (χ0) is 17.8. The molecule has 0 spiro atoms. The lowest BCUT2D eigenvalue weighted by atomic mass is 10.2. The summed E-state index contributed by atoms with van der Waals surface area (Å²) in [6, 6.07) is 16.0. The number of amides is 1. The van der Waals surface area contributed by atoms with Crippen LogP contribution in [0, 0.1) is 6.92 Å². The summed E-state index contributed by atoms with van der Waals surface area (Å²) in [5.41, 5.74) is 2.18. The van der Waals surface area contributed by atoms with Gasteiger partial charge in [-0.05, 0) is 36.8 Å². The van der Waals surface area contributed by atoms with Crippen molar-refractivity contribution >= 4 is 40.1 Å². The van der Waals surface area contributed by atoms with Gasteiger partial charge in [-0.2, -0.15) is 0 Å². The predicted octanol–water partition coefficient (Wildman–Crippen LogP) is 3.99. The summed E-state index contributed by atoms with van der Waals surface area (Å²) in [5, 5.41) is 4.14. The van der Waals surface area contributed by atoms with E-state index in [0.717, 1.165) is 10.9 Å². The molecule has 2 aromatic carbocycles. The first kappa shape index (κ1) is 16.9. The van der Waals surface area contributed by atoms with E-state index in [-0.39, 0.29) is 5.69 Å². The largest absolute Gasteiger partial charge is 0.451 e. The Morgan fingerprint density at radius 2 is 1.88 bits per heavy atom. The Morgan fingerprint density at radius 1 is 1.08 bits per heavy atom. The van der Waals surface area contributed by atoms with E-state index in [1.54, 1.807) is 43.3 Å². The number of hydrogen-bond acceptors (Lipinski definition) is 4. The second-order valence-corrected chi connectivity index (χ2v) is 5.83. The maximum absolute atomic E-state index is 12.1. The van der Waals surface area contributed by atoms with Gasteiger partial charge >= 0.3 is 5.97 Å². The monoisotopic (exact) mass is 354 g/mol. The van der Waals surface area contributed by atoms with Crippen LogP contribution in [0.5, 0.6) is 0 Å². The Balaban J connectivity index is 1.63. The topological polar surface area (TPSA) is 68.3 Å². The smallest absolute Gasteiger partial charge is 0.357 e. The van der Waals surface area contributed by atoms with Crippen LogP contribution in [0.4, 0.5) is 5.69 Å². The number of carbonyl (C=O) groups is 2. The highest BCUT2D eigenvalue weighted by Gasteiger charge is 2.13. The lowest BCUT2D eigenvalue weighted by Gasteiger charge is -2.10. The number of nitrogens with one attached hydrogen (secondary N) is 1. The number of rotatable bonds is 4. The van der Waals surface area contributed by atoms with Crippen molar-refractivity contribution < 1.29 is 14.3 Å². The molecule has 5 nitrogen and oxygen atoms in total. The molecule has 0 saturated carbocycles. The molecular formula is C19H15ClN2O3. The van der Waals surface area contributed by atoms with Gasteiger partial charge in [-0.1, -0.05) is 41.9 Å². The number of carbonyl (C=O) groups excluding carboxylic acids is 2. The summed E-state index contributed by atoms with van der Waals surface area (Å²) in [6.07, 6.45) is 0. The third kappa shape index (κ3) is 3.95. The van der Waals surface area contributed by atoms with Gasteiger partial charge in [0.15, 0.2) is 6.61 Å². The van der Waals surface area contributed by atoms with Gasteiger partial charge in [0.05, 0.1) is 5.52 Å². The zero-order valence-corrected chi connectivity index (χ0v) is 14.2. The summed E-state index contributed by atoms with van der Waals surface area (Å²) in [7, 11) is 0. The van der Waals surface area contributed by atoms with E-state index in [2.05, 4.69) is 10.3 Å². The van der Waals surface area contributed by atoms with Crippen LogP contribution in [-0.4, -0.2) is 23.5 Å². The first-order valence-electron chi connectivity index (χ1n) is 7.62. The number of nitrogens with zero attached hydrogens (tertiary/aromatic N) is 1. The molecule has 0 saturated heterocycles. The van der Waals surface area contributed by atoms with Crippen molar-refractivity contribution in [2.45, 2.75) is 6.92 Å². The van der Waals surface area contributed by atoms with Gasteiger partial charge in [-0.15, -0.1) is 0 Å². The summed E-state index contributed by atoms with van der Waals surface area (Å²) in [6.45, 7) is 1.39. The molecule has 0 aliphatic heterocycles. The molecule has 1 aromatic heterocycles. The minimum absolute atomic E-state index is 0.158. The van der Waals surface area contributed by atoms with E-state index in [9.17, 15) is 9.59 Å². The lowest BCUT2D eigenvalue weighted by molar-refractivity contribution is -0.119. The molecule has 126 valence electrons. The number of esters is 1. The summed E-state index contributed by atoms with van der Waals surface area (Å²) >= 11 is 6.01. The molecular weight excluding hydrogens is 340 g/mol. The molecule has 0 radical (unpaired) electrons. The average Bonchev–Trinajstić information content (AvgIpc) is 2.63. The minimum atomic E-state index is -0.649. The van der Waals surface area contributed by atoms with Gasteiger partial charge < -0.3 is 10.1 Å². The van der Waals surface area contributed by atoms with Crippen LogP contribution in [-0.2, 0) is 9.53 Å². The van der Waals surface area contributed by atoms with Crippen molar-refractivity contribution in [1.29, 1.82) is 0 Å². The summed E-state index contributed by atoms with van der Waals surface area (Å²) in [5.74, 6) is -1.09. The number of benzene rings is 2. The lowest BCUT2D eigenvalue weighted by Crippen LogP contribution is -2.21. The molecule has 0 aliphatic carbocycles. The number of pyridine rings is 1. The molecule has 1 amide bonds. The summed E-state index contributed by atoms with van der Waals surface area (Å²) < 4.78 is 5.03. The van der Waals surface area contributed by atoms with Crippen molar-refractivity contribution in [1.82, 2.24) is 4.98 Å². The van der Waals surface area contributed by atoms with Crippen LogP contribution >= 0.6 is 11.6 Å². The third-order valence-electron chi connectivity index (χ3n) is 3.68. The number of para-hydroxylation sites is 1. The van der Waals surface area contributed by atoms with Gasteiger partial charge in [-0.25, -0.2) is 9.78 Å². The summed E-state index contributed by atoms with van der Waals surface area (Å²) in [4.78, 5) is 28.3. The third-order valence-corrected chi connectivity index (χ3v) is 4.09. The molecule has 1 heterocycles. The van der Waals surface area contributed by atoms with Crippen molar-refractivity contribution in [3.63, 3.8) is 0 Å². The molecule has 25 heavy (non-hydrogen) atoms. The van der Waals surface area contributed by atoms with Gasteiger partial charge in [-0.3, -0.25) is 4.79 Å². The van der Waals surface area contributed by atoms with Crippen LogP contribution in [0.1, 0.15) is 16.1 Å². The molecule has 0 fully saturated rings. The molecule has 0 unspecified atom stereocenters. The van der Waals surface area contributed by atoms with Crippen LogP contribution < -0.4 is 5.32 Å². The van der Waals surface area contributed by atoms with Crippen molar-refractivity contribution in [2.75, 3.05) is 11.9 Å². The highest BCUT2D eigenvalue weighted by atomic mass is 35.5. The Morgan fingerprint density at radius 3 is 2.72 bits per heavy atom.